The van der Waals surface area contributed by atoms with Gasteiger partial charge in [0.1, 0.15) is 0 Å². The van der Waals surface area contributed by atoms with Crippen LogP contribution in [0.15, 0.2) is 5.16 Å². The minimum Gasteiger partial charge on any atom is -0.386 e. The number of morpholine rings is 1. The van der Waals surface area contributed by atoms with E-state index in [-0.39, 0.29) is 12.5 Å². The van der Waals surface area contributed by atoms with Gasteiger partial charge in [0.2, 0.25) is 0 Å². The summed E-state index contributed by atoms with van der Waals surface area (Å²) in [5.74, 6) is -0.0334. The molecule has 1 aliphatic rings. The Bertz CT molecular complexity index is 188. The highest BCUT2D eigenvalue weighted by molar-refractivity contribution is 5.77. The van der Waals surface area contributed by atoms with Crippen molar-refractivity contribution in [3.05, 3.63) is 0 Å². The lowest BCUT2D eigenvalue weighted by Crippen LogP contribution is -2.42. The molecule has 1 fully saturated rings. The number of amides is 1. The summed E-state index contributed by atoms with van der Waals surface area (Å²) in [7, 11) is 0. The van der Waals surface area contributed by atoms with Crippen molar-refractivity contribution in [2.24, 2.45) is 5.16 Å². The van der Waals surface area contributed by atoms with Crippen molar-refractivity contribution in [1.82, 2.24) is 4.90 Å². The second kappa shape index (κ2) is 5.53. The van der Waals surface area contributed by atoms with Gasteiger partial charge in [0, 0.05) is 19.3 Å². The van der Waals surface area contributed by atoms with Crippen molar-refractivity contribution in [2.45, 2.75) is 6.92 Å². The van der Waals surface area contributed by atoms with E-state index in [4.69, 9.17) is 9.57 Å². The predicted octanol–water partition coefficient (Wildman–Crippen LogP) is -0.133. The van der Waals surface area contributed by atoms with Crippen LogP contribution in [0.1, 0.15) is 6.92 Å². The number of rotatable bonds is 3. The SMILES string of the molecule is CC=NOCC(=O)N1CCOCC1. The Labute approximate surface area is 77.3 Å². The van der Waals surface area contributed by atoms with Gasteiger partial charge in [0.05, 0.1) is 13.2 Å². The molecule has 5 heteroatoms. The molecule has 0 spiro atoms. The number of ether oxygens (including phenoxy) is 1. The molecular weight excluding hydrogens is 172 g/mol. The largest absolute Gasteiger partial charge is 0.386 e. The average molecular weight is 186 g/mol. The molecular formula is C8H14N2O3. The molecule has 0 bridgehead atoms. The highest BCUT2D eigenvalue weighted by atomic mass is 16.6. The quantitative estimate of drug-likeness (QED) is 0.455. The summed E-state index contributed by atoms with van der Waals surface area (Å²) in [4.78, 5) is 17.8. The van der Waals surface area contributed by atoms with Crippen molar-refractivity contribution in [1.29, 1.82) is 0 Å². The van der Waals surface area contributed by atoms with Crippen LogP contribution < -0.4 is 0 Å². The molecule has 74 valence electrons. The molecule has 0 unspecified atom stereocenters. The predicted molar refractivity (Wildman–Crippen MR) is 47.5 cm³/mol. The van der Waals surface area contributed by atoms with Crippen LogP contribution >= 0.6 is 0 Å². The van der Waals surface area contributed by atoms with E-state index in [9.17, 15) is 4.79 Å². The third kappa shape index (κ3) is 3.42. The highest BCUT2D eigenvalue weighted by Gasteiger charge is 2.16. The van der Waals surface area contributed by atoms with Crippen LogP contribution in [0, 0.1) is 0 Å². The van der Waals surface area contributed by atoms with Crippen LogP contribution in [0.4, 0.5) is 0 Å². The fraction of sp³-hybridized carbons (Fsp3) is 0.750. The summed E-state index contributed by atoms with van der Waals surface area (Å²) in [5, 5.41) is 3.50. The summed E-state index contributed by atoms with van der Waals surface area (Å²) >= 11 is 0. The van der Waals surface area contributed by atoms with Gasteiger partial charge in [0.15, 0.2) is 6.61 Å². The summed E-state index contributed by atoms with van der Waals surface area (Å²) in [6, 6.07) is 0. The Morgan fingerprint density at radius 1 is 1.62 bits per heavy atom. The first kappa shape index (κ1) is 9.98. The fourth-order valence-electron chi connectivity index (χ4n) is 1.07. The minimum absolute atomic E-state index is 0.0182. The second-order valence-corrected chi connectivity index (χ2v) is 2.63. The van der Waals surface area contributed by atoms with E-state index < -0.39 is 0 Å². The summed E-state index contributed by atoms with van der Waals surface area (Å²) < 4.78 is 5.11. The molecule has 0 aromatic heterocycles. The smallest absolute Gasteiger partial charge is 0.263 e. The maximum Gasteiger partial charge on any atom is 0.263 e. The Morgan fingerprint density at radius 3 is 2.92 bits per heavy atom. The third-order valence-electron chi connectivity index (χ3n) is 1.73. The molecule has 1 heterocycles. The molecule has 5 nitrogen and oxygen atoms in total. The standard InChI is InChI=1S/C8H14N2O3/c1-2-9-13-7-8(11)10-3-5-12-6-4-10/h2H,3-7H2,1H3. The van der Waals surface area contributed by atoms with E-state index >= 15 is 0 Å². The lowest BCUT2D eigenvalue weighted by molar-refractivity contribution is -0.140. The monoisotopic (exact) mass is 186 g/mol. The Balaban J connectivity index is 2.21. The normalized spacial score (nSPS) is 17.8. The van der Waals surface area contributed by atoms with Gasteiger partial charge < -0.3 is 14.5 Å². The Morgan fingerprint density at radius 2 is 2.31 bits per heavy atom. The van der Waals surface area contributed by atoms with Gasteiger partial charge in [0.25, 0.3) is 5.91 Å². The van der Waals surface area contributed by atoms with Crippen LogP contribution in [0.5, 0.6) is 0 Å². The number of hydrogen-bond acceptors (Lipinski definition) is 4. The van der Waals surface area contributed by atoms with Gasteiger partial charge >= 0.3 is 0 Å². The minimum atomic E-state index is -0.0334. The zero-order valence-electron chi connectivity index (χ0n) is 7.73. The lowest BCUT2D eigenvalue weighted by atomic mass is 10.4. The molecule has 1 aliphatic heterocycles. The van der Waals surface area contributed by atoms with E-state index in [1.165, 1.54) is 6.21 Å². The third-order valence-corrected chi connectivity index (χ3v) is 1.73. The molecule has 1 amide bonds. The van der Waals surface area contributed by atoms with E-state index in [1.54, 1.807) is 11.8 Å². The van der Waals surface area contributed by atoms with Crippen molar-refractivity contribution >= 4 is 12.1 Å². The van der Waals surface area contributed by atoms with Crippen LogP contribution in [0.3, 0.4) is 0 Å². The van der Waals surface area contributed by atoms with Gasteiger partial charge in [-0.05, 0) is 6.92 Å². The number of hydrogen-bond donors (Lipinski definition) is 0. The first-order chi connectivity index (χ1) is 6.34. The van der Waals surface area contributed by atoms with Gasteiger partial charge in [-0.15, -0.1) is 0 Å². The summed E-state index contributed by atoms with van der Waals surface area (Å²) in [5.41, 5.74) is 0. The molecule has 0 aliphatic carbocycles. The molecule has 0 saturated carbocycles. The van der Waals surface area contributed by atoms with Crippen LogP contribution in [0.25, 0.3) is 0 Å². The first-order valence-corrected chi connectivity index (χ1v) is 4.30. The van der Waals surface area contributed by atoms with Gasteiger partial charge in [-0.25, -0.2) is 0 Å². The van der Waals surface area contributed by atoms with Gasteiger partial charge in [-0.2, -0.15) is 0 Å². The second-order valence-electron chi connectivity index (χ2n) is 2.63. The first-order valence-electron chi connectivity index (χ1n) is 4.30. The average Bonchev–Trinajstić information content (AvgIpc) is 2.19. The van der Waals surface area contributed by atoms with Gasteiger partial charge in [-0.3, -0.25) is 4.79 Å². The maximum absolute atomic E-state index is 11.3. The number of nitrogens with zero attached hydrogens (tertiary/aromatic N) is 2. The number of carbonyl (C=O) groups excluding carboxylic acids is 1. The zero-order valence-corrected chi connectivity index (χ0v) is 7.73. The van der Waals surface area contributed by atoms with Crippen LogP contribution in [-0.4, -0.2) is 49.9 Å². The lowest BCUT2D eigenvalue weighted by Gasteiger charge is -2.26. The van der Waals surface area contributed by atoms with E-state index in [0.717, 1.165) is 0 Å². The van der Waals surface area contributed by atoms with Crippen LogP contribution in [-0.2, 0) is 14.4 Å². The van der Waals surface area contributed by atoms with Crippen molar-refractivity contribution in [3.63, 3.8) is 0 Å². The zero-order chi connectivity index (χ0) is 9.52. The summed E-state index contributed by atoms with van der Waals surface area (Å²) in [6.45, 7) is 4.28. The topological polar surface area (TPSA) is 51.1 Å². The molecule has 0 N–H and O–H groups in total. The molecule has 0 aromatic rings. The number of carbonyl (C=O) groups is 1. The molecule has 0 radical (unpaired) electrons. The molecule has 0 atom stereocenters. The highest BCUT2D eigenvalue weighted by Crippen LogP contribution is 1.97. The van der Waals surface area contributed by atoms with E-state index in [0.29, 0.717) is 26.3 Å². The van der Waals surface area contributed by atoms with Crippen molar-refractivity contribution < 1.29 is 14.4 Å². The molecule has 0 aromatic carbocycles. The molecule has 1 saturated heterocycles. The Kier molecular flexibility index (Phi) is 4.25. The maximum atomic E-state index is 11.3. The van der Waals surface area contributed by atoms with E-state index in [1.807, 2.05) is 0 Å². The summed E-state index contributed by atoms with van der Waals surface area (Å²) in [6.07, 6.45) is 1.51. The van der Waals surface area contributed by atoms with Gasteiger partial charge in [-0.1, -0.05) is 5.16 Å². The van der Waals surface area contributed by atoms with Crippen molar-refractivity contribution in [2.75, 3.05) is 32.9 Å². The fourth-order valence-corrected chi connectivity index (χ4v) is 1.07. The molecule has 1 rings (SSSR count). The van der Waals surface area contributed by atoms with Crippen LogP contribution in [0.2, 0.25) is 0 Å². The number of oxime groups is 1. The van der Waals surface area contributed by atoms with Crippen molar-refractivity contribution in [3.8, 4) is 0 Å². The Hall–Kier alpha value is -1.10. The molecule has 13 heavy (non-hydrogen) atoms. The van der Waals surface area contributed by atoms with E-state index in [2.05, 4.69) is 5.16 Å².